The molecule has 5 N–H and O–H groups in total. The number of carbonyl (C=O) groups excluding carboxylic acids is 1. The summed E-state index contributed by atoms with van der Waals surface area (Å²) in [5.74, 6) is -0.495. The molecule has 4 heteroatoms. The average molecular weight is 193 g/mol. The van der Waals surface area contributed by atoms with E-state index in [1.807, 2.05) is 31.2 Å². The first kappa shape index (κ1) is 10.5. The minimum absolute atomic E-state index is 0.360. The highest BCUT2D eigenvalue weighted by molar-refractivity contribution is 5.80. The molecule has 0 saturated heterocycles. The summed E-state index contributed by atoms with van der Waals surface area (Å²) in [7, 11) is 0. The summed E-state index contributed by atoms with van der Waals surface area (Å²) >= 11 is 0. The maximum atomic E-state index is 10.6. The fourth-order valence-corrected chi connectivity index (χ4v) is 1.08. The Morgan fingerprint density at radius 1 is 1.57 bits per heavy atom. The summed E-state index contributed by atoms with van der Waals surface area (Å²) in [5, 5.41) is 3.04. The van der Waals surface area contributed by atoms with E-state index in [2.05, 4.69) is 5.32 Å². The van der Waals surface area contributed by atoms with Gasteiger partial charge in [0.05, 0.1) is 0 Å². The van der Waals surface area contributed by atoms with E-state index < -0.39 is 11.9 Å². The van der Waals surface area contributed by atoms with E-state index in [-0.39, 0.29) is 0 Å². The third kappa shape index (κ3) is 3.06. The Morgan fingerprint density at radius 2 is 2.29 bits per heavy atom. The van der Waals surface area contributed by atoms with Crippen molar-refractivity contribution >= 4 is 11.6 Å². The van der Waals surface area contributed by atoms with Crippen LogP contribution in [0.4, 0.5) is 5.69 Å². The first-order valence-corrected chi connectivity index (χ1v) is 4.45. The second-order valence-electron chi connectivity index (χ2n) is 3.26. The van der Waals surface area contributed by atoms with Crippen LogP contribution in [-0.4, -0.2) is 18.5 Å². The van der Waals surface area contributed by atoms with Gasteiger partial charge in [-0.15, -0.1) is 0 Å². The number of aryl methyl sites for hydroxylation is 1. The van der Waals surface area contributed by atoms with E-state index in [0.29, 0.717) is 6.54 Å². The molecular formula is C10H15N3O. The maximum Gasteiger partial charge on any atom is 0.236 e. The number of hydrogen-bond acceptors (Lipinski definition) is 3. The van der Waals surface area contributed by atoms with Gasteiger partial charge in [0.1, 0.15) is 6.04 Å². The highest BCUT2D eigenvalue weighted by Crippen LogP contribution is 2.08. The molecule has 0 bridgehead atoms. The van der Waals surface area contributed by atoms with Gasteiger partial charge in [-0.2, -0.15) is 0 Å². The predicted octanol–water partition coefficient (Wildman–Crippen LogP) is 0.220. The van der Waals surface area contributed by atoms with Gasteiger partial charge < -0.3 is 16.8 Å². The molecule has 1 unspecified atom stereocenters. The Bertz CT molecular complexity index is 325. The zero-order chi connectivity index (χ0) is 10.6. The molecule has 0 aliphatic carbocycles. The lowest BCUT2D eigenvalue weighted by Gasteiger charge is -2.10. The van der Waals surface area contributed by atoms with Crippen LogP contribution in [0.3, 0.4) is 0 Å². The SMILES string of the molecule is Cc1cccc(NCC(N)C(N)=O)c1. The first-order valence-electron chi connectivity index (χ1n) is 4.45. The molecule has 0 saturated carbocycles. The highest BCUT2D eigenvalue weighted by Gasteiger charge is 2.07. The van der Waals surface area contributed by atoms with Crippen molar-refractivity contribution in [3.63, 3.8) is 0 Å². The van der Waals surface area contributed by atoms with Gasteiger partial charge >= 0.3 is 0 Å². The molecule has 4 nitrogen and oxygen atoms in total. The molecule has 0 spiro atoms. The summed E-state index contributed by atoms with van der Waals surface area (Å²) in [5.41, 5.74) is 12.6. The van der Waals surface area contributed by atoms with Crippen LogP contribution in [0, 0.1) is 6.92 Å². The second-order valence-corrected chi connectivity index (χ2v) is 3.26. The van der Waals surface area contributed by atoms with E-state index in [1.165, 1.54) is 0 Å². The van der Waals surface area contributed by atoms with E-state index in [0.717, 1.165) is 11.3 Å². The van der Waals surface area contributed by atoms with Crippen LogP contribution >= 0.6 is 0 Å². The number of anilines is 1. The Balaban J connectivity index is 2.49. The van der Waals surface area contributed by atoms with Gasteiger partial charge in [-0.3, -0.25) is 4.79 Å². The first-order chi connectivity index (χ1) is 6.59. The lowest BCUT2D eigenvalue weighted by molar-refractivity contribution is -0.118. The minimum atomic E-state index is -0.643. The van der Waals surface area contributed by atoms with Crippen molar-refractivity contribution in [1.29, 1.82) is 0 Å². The molecular weight excluding hydrogens is 178 g/mol. The molecule has 0 fully saturated rings. The normalized spacial score (nSPS) is 12.1. The topological polar surface area (TPSA) is 81.1 Å². The summed E-state index contributed by atoms with van der Waals surface area (Å²) in [6, 6.07) is 7.19. The van der Waals surface area contributed by atoms with Crippen LogP contribution in [0.25, 0.3) is 0 Å². The van der Waals surface area contributed by atoms with E-state index in [1.54, 1.807) is 0 Å². The Hall–Kier alpha value is -1.55. The van der Waals surface area contributed by atoms with E-state index >= 15 is 0 Å². The molecule has 1 rings (SSSR count). The molecule has 1 aromatic rings. The number of hydrogen-bond donors (Lipinski definition) is 3. The zero-order valence-corrected chi connectivity index (χ0v) is 8.16. The van der Waals surface area contributed by atoms with Crippen molar-refractivity contribution in [2.75, 3.05) is 11.9 Å². The zero-order valence-electron chi connectivity index (χ0n) is 8.16. The van der Waals surface area contributed by atoms with Crippen molar-refractivity contribution in [2.45, 2.75) is 13.0 Å². The molecule has 1 amide bonds. The second kappa shape index (κ2) is 4.62. The van der Waals surface area contributed by atoms with Gasteiger partial charge in [0.2, 0.25) is 5.91 Å². The molecule has 76 valence electrons. The van der Waals surface area contributed by atoms with Crippen LogP contribution < -0.4 is 16.8 Å². The molecule has 0 radical (unpaired) electrons. The standard InChI is InChI=1S/C10H15N3O/c1-7-3-2-4-8(5-7)13-6-9(11)10(12)14/h2-5,9,13H,6,11H2,1H3,(H2,12,14). The number of nitrogens with two attached hydrogens (primary N) is 2. The van der Waals surface area contributed by atoms with Crippen LogP contribution in [0.1, 0.15) is 5.56 Å². The van der Waals surface area contributed by atoms with Crippen molar-refractivity contribution < 1.29 is 4.79 Å². The number of benzene rings is 1. The summed E-state index contributed by atoms with van der Waals surface area (Å²) in [6.45, 7) is 2.36. The molecule has 0 aromatic heterocycles. The van der Waals surface area contributed by atoms with Crippen molar-refractivity contribution in [3.05, 3.63) is 29.8 Å². The number of nitrogens with one attached hydrogen (secondary N) is 1. The Morgan fingerprint density at radius 3 is 2.86 bits per heavy atom. The largest absolute Gasteiger partial charge is 0.383 e. The summed E-state index contributed by atoms with van der Waals surface area (Å²) < 4.78 is 0. The van der Waals surface area contributed by atoms with Gasteiger partial charge in [-0.05, 0) is 24.6 Å². The minimum Gasteiger partial charge on any atom is -0.383 e. The molecule has 0 aliphatic rings. The number of carbonyl (C=O) groups is 1. The monoisotopic (exact) mass is 193 g/mol. The number of primary amides is 1. The van der Waals surface area contributed by atoms with Crippen molar-refractivity contribution in [2.24, 2.45) is 11.5 Å². The highest BCUT2D eigenvalue weighted by atomic mass is 16.1. The third-order valence-corrected chi connectivity index (χ3v) is 1.91. The quantitative estimate of drug-likeness (QED) is 0.639. The summed E-state index contributed by atoms with van der Waals surface area (Å²) in [6.07, 6.45) is 0. The molecule has 1 aromatic carbocycles. The lowest BCUT2D eigenvalue weighted by atomic mass is 10.2. The smallest absolute Gasteiger partial charge is 0.236 e. The van der Waals surface area contributed by atoms with E-state index in [9.17, 15) is 4.79 Å². The molecule has 0 aliphatic heterocycles. The number of rotatable bonds is 4. The van der Waals surface area contributed by atoms with Gasteiger partial charge in [0, 0.05) is 12.2 Å². The molecule has 14 heavy (non-hydrogen) atoms. The van der Waals surface area contributed by atoms with Crippen molar-refractivity contribution in [1.82, 2.24) is 0 Å². The Kier molecular flexibility index (Phi) is 3.48. The fraction of sp³-hybridized carbons (Fsp3) is 0.300. The van der Waals surface area contributed by atoms with Crippen LogP contribution in [0.15, 0.2) is 24.3 Å². The maximum absolute atomic E-state index is 10.6. The predicted molar refractivity (Wildman–Crippen MR) is 56.8 cm³/mol. The lowest BCUT2D eigenvalue weighted by Crippen LogP contribution is -2.41. The van der Waals surface area contributed by atoms with Crippen LogP contribution in [0.5, 0.6) is 0 Å². The summed E-state index contributed by atoms with van der Waals surface area (Å²) in [4.78, 5) is 10.6. The van der Waals surface area contributed by atoms with Crippen LogP contribution in [-0.2, 0) is 4.79 Å². The average Bonchev–Trinajstić information content (AvgIpc) is 2.14. The molecule has 1 atom stereocenters. The van der Waals surface area contributed by atoms with Crippen LogP contribution in [0.2, 0.25) is 0 Å². The van der Waals surface area contributed by atoms with Gasteiger partial charge in [-0.1, -0.05) is 12.1 Å². The van der Waals surface area contributed by atoms with Gasteiger partial charge in [0.25, 0.3) is 0 Å². The number of amides is 1. The Labute approximate surface area is 83.3 Å². The fourth-order valence-electron chi connectivity index (χ4n) is 1.08. The van der Waals surface area contributed by atoms with Crippen molar-refractivity contribution in [3.8, 4) is 0 Å². The van der Waals surface area contributed by atoms with E-state index in [4.69, 9.17) is 11.5 Å². The van der Waals surface area contributed by atoms with Gasteiger partial charge in [0.15, 0.2) is 0 Å². The third-order valence-electron chi connectivity index (χ3n) is 1.91. The van der Waals surface area contributed by atoms with Gasteiger partial charge in [-0.25, -0.2) is 0 Å². The molecule has 0 heterocycles.